The fourth-order valence-corrected chi connectivity index (χ4v) is 1.56. The van der Waals surface area contributed by atoms with Gasteiger partial charge < -0.3 is 20.2 Å². The van der Waals surface area contributed by atoms with Gasteiger partial charge in [0.15, 0.2) is 0 Å². The largest absolute Gasteiger partial charge is 0.465 e. The summed E-state index contributed by atoms with van der Waals surface area (Å²) in [5, 5.41) is 27.6. The molecule has 7 nitrogen and oxygen atoms in total. The third kappa shape index (κ3) is 2.02. The Morgan fingerprint density at radius 3 is 2.27 bits per heavy atom. The van der Waals surface area contributed by atoms with E-state index in [1.165, 1.54) is 19.0 Å². The van der Waals surface area contributed by atoms with Gasteiger partial charge in [0.1, 0.15) is 18.2 Å². The summed E-state index contributed by atoms with van der Waals surface area (Å²) in [5.74, 6) is -0.540. The van der Waals surface area contributed by atoms with E-state index in [2.05, 4.69) is 0 Å². The van der Waals surface area contributed by atoms with E-state index in [4.69, 9.17) is 5.11 Å². The van der Waals surface area contributed by atoms with Gasteiger partial charge in [-0.3, -0.25) is 9.69 Å². The van der Waals surface area contributed by atoms with Crippen LogP contribution in [-0.4, -0.2) is 76.0 Å². The Morgan fingerprint density at radius 2 is 1.87 bits per heavy atom. The minimum absolute atomic E-state index is 0.249. The van der Waals surface area contributed by atoms with Gasteiger partial charge >= 0.3 is 6.09 Å². The van der Waals surface area contributed by atoms with Crippen LogP contribution in [0.5, 0.6) is 0 Å². The highest BCUT2D eigenvalue weighted by atomic mass is 16.4. The highest BCUT2D eigenvalue weighted by Crippen LogP contribution is 2.20. The highest BCUT2D eigenvalue weighted by molar-refractivity contribution is 5.86. The number of hydrogen-bond donors (Lipinski definition) is 3. The Morgan fingerprint density at radius 1 is 1.33 bits per heavy atom. The summed E-state index contributed by atoms with van der Waals surface area (Å²) in [6.07, 6.45) is -3.91. The summed E-state index contributed by atoms with van der Waals surface area (Å²) in [6, 6.07) is -1.22. The Bertz CT molecular complexity index is 280. The van der Waals surface area contributed by atoms with Crippen molar-refractivity contribution in [3.63, 3.8) is 0 Å². The van der Waals surface area contributed by atoms with Crippen molar-refractivity contribution < 1.29 is 24.9 Å². The van der Waals surface area contributed by atoms with E-state index in [1.54, 1.807) is 0 Å². The van der Waals surface area contributed by atoms with Crippen molar-refractivity contribution in [2.24, 2.45) is 0 Å². The molecule has 15 heavy (non-hydrogen) atoms. The molecule has 0 saturated carbocycles. The van der Waals surface area contributed by atoms with Gasteiger partial charge in [-0.2, -0.15) is 0 Å². The summed E-state index contributed by atoms with van der Waals surface area (Å²) in [7, 11) is 2.92. The molecule has 0 radical (unpaired) electrons. The van der Waals surface area contributed by atoms with Crippen molar-refractivity contribution in [3.05, 3.63) is 0 Å². The van der Waals surface area contributed by atoms with Crippen LogP contribution in [0.15, 0.2) is 0 Å². The van der Waals surface area contributed by atoms with Crippen molar-refractivity contribution in [2.75, 3.05) is 20.6 Å². The van der Waals surface area contributed by atoms with E-state index in [0.717, 1.165) is 4.90 Å². The van der Waals surface area contributed by atoms with Crippen LogP contribution in [0.3, 0.4) is 0 Å². The average molecular weight is 218 g/mol. The summed E-state index contributed by atoms with van der Waals surface area (Å²) >= 11 is 0. The predicted octanol–water partition coefficient (Wildman–Crippen LogP) is -1.84. The second-order valence-electron chi connectivity index (χ2n) is 3.67. The lowest BCUT2D eigenvalue weighted by Gasteiger charge is -2.24. The third-order valence-corrected chi connectivity index (χ3v) is 2.38. The zero-order valence-electron chi connectivity index (χ0n) is 8.49. The lowest BCUT2D eigenvalue weighted by atomic mass is 10.1. The predicted molar refractivity (Wildman–Crippen MR) is 49.2 cm³/mol. The van der Waals surface area contributed by atoms with Crippen LogP contribution in [0, 0.1) is 0 Å². The van der Waals surface area contributed by atoms with Crippen molar-refractivity contribution >= 4 is 12.0 Å². The number of carbonyl (C=O) groups excluding carboxylic acids is 1. The quantitative estimate of drug-likeness (QED) is 0.480. The van der Waals surface area contributed by atoms with Gasteiger partial charge in [-0.25, -0.2) is 4.79 Å². The van der Waals surface area contributed by atoms with Crippen LogP contribution in [0.2, 0.25) is 0 Å². The van der Waals surface area contributed by atoms with E-state index >= 15 is 0 Å². The van der Waals surface area contributed by atoms with Crippen molar-refractivity contribution in [2.45, 2.75) is 18.2 Å². The fourth-order valence-electron chi connectivity index (χ4n) is 1.56. The average Bonchev–Trinajstić information content (AvgIpc) is 2.42. The first-order valence-electron chi connectivity index (χ1n) is 4.43. The number of hydrogen-bond acceptors (Lipinski definition) is 4. The molecule has 1 fully saturated rings. The number of β-amino-alcohol motifs (C(OH)–C–C–N with tert-alkyl or cyclic N) is 1. The molecule has 2 amide bonds. The number of rotatable bonds is 1. The number of amides is 2. The minimum atomic E-state index is -1.36. The van der Waals surface area contributed by atoms with Gasteiger partial charge in [-0.15, -0.1) is 0 Å². The molecule has 0 bridgehead atoms. The summed E-state index contributed by atoms with van der Waals surface area (Å²) in [5.41, 5.74) is 0. The Labute approximate surface area is 86.5 Å². The molecular weight excluding hydrogens is 204 g/mol. The molecule has 7 heteroatoms. The van der Waals surface area contributed by atoms with Crippen LogP contribution in [0.1, 0.15) is 0 Å². The smallest absolute Gasteiger partial charge is 0.408 e. The Hall–Kier alpha value is -1.34. The van der Waals surface area contributed by atoms with Gasteiger partial charge in [-0.05, 0) is 0 Å². The maximum absolute atomic E-state index is 11.6. The molecule has 1 heterocycles. The number of likely N-dealkylation sites (tertiary alicyclic amines) is 1. The molecule has 86 valence electrons. The summed E-state index contributed by atoms with van der Waals surface area (Å²) < 4.78 is 0. The number of aliphatic hydroxyl groups is 2. The first kappa shape index (κ1) is 11.7. The van der Waals surface area contributed by atoms with Crippen LogP contribution < -0.4 is 0 Å². The number of carbonyl (C=O) groups is 2. The molecule has 1 aliphatic rings. The number of nitrogens with zero attached hydrogens (tertiary/aromatic N) is 2. The van der Waals surface area contributed by atoms with Crippen LogP contribution >= 0.6 is 0 Å². The fraction of sp³-hybridized carbons (Fsp3) is 0.750. The summed E-state index contributed by atoms with van der Waals surface area (Å²) in [4.78, 5) is 24.3. The third-order valence-electron chi connectivity index (χ3n) is 2.38. The van der Waals surface area contributed by atoms with E-state index in [-0.39, 0.29) is 6.54 Å². The molecule has 3 N–H and O–H groups in total. The molecule has 1 aliphatic heterocycles. The normalized spacial score (nSPS) is 30.4. The van der Waals surface area contributed by atoms with Gasteiger partial charge in [0.2, 0.25) is 5.91 Å². The lowest BCUT2D eigenvalue weighted by Crippen LogP contribution is -2.49. The molecular formula is C8H14N2O5. The molecule has 0 aromatic carbocycles. The zero-order chi connectivity index (χ0) is 11.7. The second kappa shape index (κ2) is 4.03. The van der Waals surface area contributed by atoms with Gasteiger partial charge in [-0.1, -0.05) is 0 Å². The molecule has 0 aromatic heterocycles. The standard InChI is InChI=1S/C8H14N2O5/c1-9(2)7(13)5-6(12)4(11)3-10(5)8(14)15/h4-6,11-12H,3H2,1-2H3,(H,14,15)/t4?,5-,6?/m0/s1. The lowest BCUT2D eigenvalue weighted by molar-refractivity contribution is -0.136. The topological polar surface area (TPSA) is 101 Å². The second-order valence-corrected chi connectivity index (χ2v) is 3.67. The van der Waals surface area contributed by atoms with Gasteiger partial charge in [0, 0.05) is 14.1 Å². The summed E-state index contributed by atoms with van der Waals surface area (Å²) in [6.45, 7) is -0.249. The highest BCUT2D eigenvalue weighted by Gasteiger charge is 2.47. The Balaban J connectivity index is 2.91. The molecule has 2 unspecified atom stereocenters. The van der Waals surface area contributed by atoms with E-state index in [9.17, 15) is 19.8 Å². The first-order valence-corrected chi connectivity index (χ1v) is 4.43. The number of likely N-dealkylation sites (N-methyl/N-ethyl adjacent to an activating group) is 1. The number of aliphatic hydroxyl groups excluding tert-OH is 2. The first-order chi connectivity index (χ1) is 6.86. The van der Waals surface area contributed by atoms with Crippen molar-refractivity contribution in [1.29, 1.82) is 0 Å². The molecule has 3 atom stereocenters. The molecule has 1 saturated heterocycles. The van der Waals surface area contributed by atoms with E-state index in [1.807, 2.05) is 0 Å². The van der Waals surface area contributed by atoms with E-state index in [0.29, 0.717) is 0 Å². The maximum atomic E-state index is 11.6. The van der Waals surface area contributed by atoms with Crippen molar-refractivity contribution in [1.82, 2.24) is 9.80 Å². The number of carboxylic acid groups (broad SMARTS) is 1. The Kier molecular flexibility index (Phi) is 3.15. The van der Waals surface area contributed by atoms with Crippen molar-refractivity contribution in [3.8, 4) is 0 Å². The molecule has 0 spiro atoms. The zero-order valence-corrected chi connectivity index (χ0v) is 8.49. The minimum Gasteiger partial charge on any atom is -0.465 e. The maximum Gasteiger partial charge on any atom is 0.408 e. The molecule has 0 aliphatic carbocycles. The molecule has 0 aromatic rings. The van der Waals surface area contributed by atoms with E-state index < -0.39 is 30.3 Å². The van der Waals surface area contributed by atoms with Gasteiger partial charge in [0.25, 0.3) is 0 Å². The van der Waals surface area contributed by atoms with Crippen LogP contribution in [-0.2, 0) is 4.79 Å². The molecule has 1 rings (SSSR count). The van der Waals surface area contributed by atoms with Crippen LogP contribution in [0.25, 0.3) is 0 Å². The van der Waals surface area contributed by atoms with Crippen LogP contribution in [0.4, 0.5) is 4.79 Å². The SMILES string of the molecule is CN(C)C(=O)[C@@H]1C(O)C(O)CN1C(=O)O. The monoisotopic (exact) mass is 218 g/mol. The van der Waals surface area contributed by atoms with Gasteiger partial charge in [0.05, 0.1) is 6.54 Å².